The third-order valence-corrected chi connectivity index (χ3v) is 6.10. The highest BCUT2D eigenvalue weighted by atomic mass is 17.5. The number of hydrogen-bond acceptors (Lipinski definition) is 12. The maximum Gasteiger partial charge on any atom is 0.543 e. The standard InChI is InChI=1S/C30H38O12/c1-3-23-13-17-25(18-14-23)27(31)37-41-39-29(33)35-21-11-9-7-5-6-8-10-12-22-36-30(34)40-42-38-28(32)26-19-15-24(4-2)16-20-26/h13-20H,3-12,21-22H2,1-2H3. The Balaban J connectivity index is 1.34. The van der Waals surface area contributed by atoms with Gasteiger partial charge in [0.25, 0.3) is 0 Å². The molecule has 0 saturated heterocycles. The molecular formula is C30H38O12. The topological polar surface area (TPSA) is 142 Å². The smallest absolute Gasteiger partial charge is 0.432 e. The van der Waals surface area contributed by atoms with E-state index in [1.807, 2.05) is 13.8 Å². The monoisotopic (exact) mass is 590 g/mol. The summed E-state index contributed by atoms with van der Waals surface area (Å²) in [5, 5.41) is 8.39. The van der Waals surface area contributed by atoms with Gasteiger partial charge in [0.05, 0.1) is 34.4 Å². The maximum absolute atomic E-state index is 11.8. The van der Waals surface area contributed by atoms with Gasteiger partial charge in [-0.1, -0.05) is 76.6 Å². The van der Waals surface area contributed by atoms with Crippen molar-refractivity contribution in [1.82, 2.24) is 0 Å². The van der Waals surface area contributed by atoms with Gasteiger partial charge in [0.2, 0.25) is 0 Å². The van der Waals surface area contributed by atoms with Gasteiger partial charge in [-0.2, -0.15) is 0 Å². The van der Waals surface area contributed by atoms with Crippen LogP contribution in [0.4, 0.5) is 9.59 Å². The Morgan fingerprint density at radius 1 is 0.476 bits per heavy atom. The highest BCUT2D eigenvalue weighted by molar-refractivity contribution is 5.89. The average molecular weight is 591 g/mol. The van der Waals surface area contributed by atoms with Crippen LogP contribution in [0.3, 0.4) is 0 Å². The molecule has 0 spiro atoms. The molecule has 42 heavy (non-hydrogen) atoms. The van der Waals surface area contributed by atoms with Crippen LogP contribution in [0.1, 0.15) is 97.1 Å². The number of ether oxygens (including phenoxy) is 2. The van der Waals surface area contributed by atoms with E-state index < -0.39 is 24.2 Å². The van der Waals surface area contributed by atoms with Crippen molar-refractivity contribution < 1.29 is 58.3 Å². The van der Waals surface area contributed by atoms with E-state index in [0.717, 1.165) is 62.5 Å². The molecule has 0 amide bonds. The zero-order valence-electron chi connectivity index (χ0n) is 24.0. The molecule has 0 atom stereocenters. The van der Waals surface area contributed by atoms with Gasteiger partial charge in [0, 0.05) is 0 Å². The van der Waals surface area contributed by atoms with Crippen molar-refractivity contribution in [2.75, 3.05) is 13.2 Å². The lowest BCUT2D eigenvalue weighted by Crippen LogP contribution is -2.12. The Kier molecular flexibility index (Phi) is 16.8. The van der Waals surface area contributed by atoms with E-state index in [0.29, 0.717) is 12.8 Å². The lowest BCUT2D eigenvalue weighted by Gasteiger charge is -2.05. The molecule has 0 heterocycles. The fraction of sp³-hybridized carbons (Fsp3) is 0.467. The third-order valence-electron chi connectivity index (χ3n) is 6.10. The first-order valence-corrected chi connectivity index (χ1v) is 14.0. The number of aryl methyl sites for hydroxylation is 2. The van der Waals surface area contributed by atoms with Gasteiger partial charge in [-0.15, -0.1) is 0 Å². The zero-order chi connectivity index (χ0) is 30.4. The Morgan fingerprint density at radius 2 is 0.810 bits per heavy atom. The fourth-order valence-corrected chi connectivity index (χ4v) is 3.62. The Bertz CT molecular complexity index is 995. The molecule has 0 unspecified atom stereocenters. The highest BCUT2D eigenvalue weighted by Crippen LogP contribution is 2.11. The van der Waals surface area contributed by atoms with Gasteiger partial charge in [-0.25, -0.2) is 29.0 Å². The van der Waals surface area contributed by atoms with Crippen LogP contribution in [-0.2, 0) is 51.9 Å². The molecule has 0 fully saturated rings. The first kappa shape index (κ1) is 34.0. The van der Waals surface area contributed by atoms with Gasteiger partial charge in [-0.05, 0) is 61.1 Å². The average Bonchev–Trinajstić information content (AvgIpc) is 3.01. The molecule has 230 valence electrons. The van der Waals surface area contributed by atoms with Crippen molar-refractivity contribution >= 4 is 24.2 Å². The third kappa shape index (κ3) is 14.5. The maximum atomic E-state index is 11.8. The molecule has 0 N–H and O–H groups in total. The van der Waals surface area contributed by atoms with E-state index in [-0.39, 0.29) is 24.3 Å². The SMILES string of the molecule is CCc1ccc(C(=O)OOOC(=O)OCCCCCCCCCCOC(=O)OOOC(=O)c2ccc(CC)cc2)cc1. The van der Waals surface area contributed by atoms with Gasteiger partial charge in [0.1, 0.15) is 0 Å². The molecule has 12 nitrogen and oxygen atoms in total. The summed E-state index contributed by atoms with van der Waals surface area (Å²) in [6.07, 6.45) is 6.45. The van der Waals surface area contributed by atoms with Crippen LogP contribution in [0.2, 0.25) is 0 Å². The van der Waals surface area contributed by atoms with Crippen molar-refractivity contribution in [3.8, 4) is 0 Å². The molecular weight excluding hydrogens is 552 g/mol. The van der Waals surface area contributed by atoms with E-state index >= 15 is 0 Å². The fourth-order valence-electron chi connectivity index (χ4n) is 3.62. The summed E-state index contributed by atoms with van der Waals surface area (Å²) in [6, 6.07) is 13.5. The summed E-state index contributed by atoms with van der Waals surface area (Å²) in [5.74, 6) is -1.58. The number of benzene rings is 2. The summed E-state index contributed by atoms with van der Waals surface area (Å²) in [7, 11) is 0. The first-order valence-electron chi connectivity index (χ1n) is 14.0. The normalized spacial score (nSPS) is 10.4. The minimum Gasteiger partial charge on any atom is -0.432 e. The van der Waals surface area contributed by atoms with Gasteiger partial charge >= 0.3 is 24.2 Å². The van der Waals surface area contributed by atoms with Crippen LogP contribution < -0.4 is 0 Å². The largest absolute Gasteiger partial charge is 0.543 e. The Hall–Kier alpha value is -4.16. The minimum absolute atomic E-state index is 0.150. The van der Waals surface area contributed by atoms with Crippen LogP contribution in [0.25, 0.3) is 0 Å². The summed E-state index contributed by atoms with van der Waals surface area (Å²) >= 11 is 0. The summed E-state index contributed by atoms with van der Waals surface area (Å²) in [4.78, 5) is 63.9. The predicted molar refractivity (Wildman–Crippen MR) is 146 cm³/mol. The van der Waals surface area contributed by atoms with Crippen LogP contribution in [-0.4, -0.2) is 37.5 Å². The molecule has 0 aromatic heterocycles. The number of unbranched alkanes of at least 4 members (excludes halogenated alkanes) is 7. The molecule has 2 aromatic carbocycles. The van der Waals surface area contributed by atoms with Crippen molar-refractivity contribution in [1.29, 1.82) is 0 Å². The van der Waals surface area contributed by atoms with E-state index in [1.165, 1.54) is 0 Å². The molecule has 0 aliphatic carbocycles. The predicted octanol–water partition coefficient (Wildman–Crippen LogP) is 6.95. The summed E-state index contributed by atoms with van der Waals surface area (Å²) < 4.78 is 9.71. The number of carbonyl (C=O) groups excluding carboxylic acids is 4. The van der Waals surface area contributed by atoms with Crippen LogP contribution in [0.5, 0.6) is 0 Å². The minimum atomic E-state index is -1.10. The second-order valence-electron chi connectivity index (χ2n) is 9.17. The lowest BCUT2D eigenvalue weighted by molar-refractivity contribution is -0.452. The first-order chi connectivity index (χ1) is 20.4. The zero-order valence-corrected chi connectivity index (χ0v) is 24.0. The van der Waals surface area contributed by atoms with Crippen molar-refractivity contribution in [3.63, 3.8) is 0 Å². The number of rotatable bonds is 19. The van der Waals surface area contributed by atoms with Gasteiger partial charge in [-0.3, -0.25) is 9.78 Å². The molecule has 0 aliphatic rings. The van der Waals surface area contributed by atoms with E-state index in [9.17, 15) is 19.2 Å². The molecule has 0 saturated carbocycles. The van der Waals surface area contributed by atoms with E-state index in [2.05, 4.69) is 29.6 Å². The molecule has 0 radical (unpaired) electrons. The van der Waals surface area contributed by atoms with Crippen molar-refractivity contribution in [2.24, 2.45) is 0 Å². The Morgan fingerprint density at radius 3 is 1.14 bits per heavy atom. The second kappa shape index (κ2) is 20.7. The van der Waals surface area contributed by atoms with Crippen LogP contribution >= 0.6 is 0 Å². The van der Waals surface area contributed by atoms with Gasteiger partial charge < -0.3 is 9.47 Å². The number of carbonyl (C=O) groups is 4. The van der Waals surface area contributed by atoms with E-state index in [4.69, 9.17) is 9.47 Å². The molecule has 2 rings (SSSR count). The summed E-state index contributed by atoms with van der Waals surface area (Å²) in [5.41, 5.74) is 2.66. The van der Waals surface area contributed by atoms with Crippen molar-refractivity contribution in [3.05, 3.63) is 70.8 Å². The van der Waals surface area contributed by atoms with Crippen molar-refractivity contribution in [2.45, 2.75) is 78.1 Å². The second-order valence-corrected chi connectivity index (χ2v) is 9.17. The van der Waals surface area contributed by atoms with Crippen LogP contribution in [0, 0.1) is 0 Å². The molecule has 0 bridgehead atoms. The van der Waals surface area contributed by atoms with Crippen LogP contribution in [0.15, 0.2) is 48.5 Å². The molecule has 0 aliphatic heterocycles. The quantitative estimate of drug-likeness (QED) is 0.0723. The molecule has 12 heteroatoms. The number of hydrogen-bond donors (Lipinski definition) is 0. The molecule has 2 aromatic rings. The Labute approximate surface area is 244 Å². The van der Waals surface area contributed by atoms with E-state index in [1.54, 1.807) is 48.5 Å². The van der Waals surface area contributed by atoms with Gasteiger partial charge in [0.15, 0.2) is 0 Å². The summed E-state index contributed by atoms with van der Waals surface area (Å²) in [6.45, 7) is 4.29. The lowest BCUT2D eigenvalue weighted by atomic mass is 10.1. The highest BCUT2D eigenvalue weighted by Gasteiger charge is 2.13.